The Hall–Kier alpha value is -4.46. The van der Waals surface area contributed by atoms with E-state index in [0.717, 1.165) is 0 Å². The maximum atomic E-state index is 14.5. The van der Waals surface area contributed by atoms with Crippen molar-refractivity contribution in [2.75, 3.05) is 14.2 Å². The van der Waals surface area contributed by atoms with Crippen LogP contribution in [0.3, 0.4) is 0 Å². The molecule has 0 N–H and O–H groups in total. The summed E-state index contributed by atoms with van der Waals surface area (Å²) in [4.78, 5) is 25.4. The zero-order chi connectivity index (χ0) is 23.4. The van der Waals surface area contributed by atoms with E-state index in [1.807, 2.05) is 6.07 Å². The average molecular weight is 446 g/mol. The lowest BCUT2D eigenvalue weighted by atomic mass is 10.0. The van der Waals surface area contributed by atoms with Gasteiger partial charge in [-0.15, -0.1) is 0 Å². The first kappa shape index (κ1) is 21.8. The van der Waals surface area contributed by atoms with Crippen molar-refractivity contribution in [3.8, 4) is 28.4 Å². The highest BCUT2D eigenvalue weighted by atomic mass is 19.1. The number of carbonyl (C=O) groups excluding carboxylic acids is 2. The van der Waals surface area contributed by atoms with Crippen molar-refractivity contribution in [1.82, 2.24) is 9.78 Å². The smallest absolute Gasteiger partial charge is 0.357 e. The second kappa shape index (κ2) is 9.35. The highest BCUT2D eigenvalue weighted by Gasteiger charge is 2.31. The summed E-state index contributed by atoms with van der Waals surface area (Å²) in [6.45, 7) is 0. The molecule has 1 aromatic heterocycles. The summed E-state index contributed by atoms with van der Waals surface area (Å²) in [5.74, 6) is -1.79. The Kier molecular flexibility index (Phi) is 6.17. The zero-order valence-electron chi connectivity index (χ0n) is 17.8. The highest BCUT2D eigenvalue weighted by molar-refractivity contribution is 6.06. The van der Waals surface area contributed by atoms with E-state index in [1.54, 1.807) is 54.6 Å². The molecule has 1 heterocycles. The van der Waals surface area contributed by atoms with Crippen molar-refractivity contribution in [2.24, 2.45) is 0 Å². The Bertz CT molecular complexity index is 1300. The molecule has 0 aliphatic heterocycles. The third-order valence-corrected chi connectivity index (χ3v) is 4.83. The lowest BCUT2D eigenvalue weighted by Gasteiger charge is -2.09. The first-order chi connectivity index (χ1) is 16.0. The molecule has 0 saturated carbocycles. The predicted octanol–water partition coefficient (Wildman–Crippen LogP) is 5.04. The van der Waals surface area contributed by atoms with Crippen LogP contribution in [-0.2, 0) is 9.47 Å². The van der Waals surface area contributed by atoms with Crippen molar-refractivity contribution in [2.45, 2.75) is 0 Å². The third kappa shape index (κ3) is 4.31. The first-order valence-electron chi connectivity index (χ1n) is 9.91. The molecule has 3 aromatic carbocycles. The number of rotatable bonds is 6. The molecule has 4 aromatic rings. The molecule has 0 bridgehead atoms. The summed E-state index contributed by atoms with van der Waals surface area (Å²) in [6, 6.07) is 21.5. The molecule has 0 aliphatic carbocycles. The van der Waals surface area contributed by atoms with Crippen molar-refractivity contribution in [3.05, 3.63) is 95.9 Å². The molecule has 4 rings (SSSR count). The van der Waals surface area contributed by atoms with Crippen LogP contribution in [0.25, 0.3) is 16.9 Å². The van der Waals surface area contributed by atoms with Crippen LogP contribution < -0.4 is 4.74 Å². The van der Waals surface area contributed by atoms with Crippen LogP contribution in [0.5, 0.6) is 11.5 Å². The van der Waals surface area contributed by atoms with E-state index in [4.69, 9.17) is 14.2 Å². The second-order valence-corrected chi connectivity index (χ2v) is 6.86. The van der Waals surface area contributed by atoms with E-state index in [-0.39, 0.29) is 22.7 Å². The van der Waals surface area contributed by atoms with Crippen LogP contribution in [-0.4, -0.2) is 35.9 Å². The fourth-order valence-electron chi connectivity index (χ4n) is 3.30. The van der Waals surface area contributed by atoms with Crippen molar-refractivity contribution >= 4 is 11.9 Å². The number of halogens is 1. The lowest BCUT2D eigenvalue weighted by Crippen LogP contribution is -2.15. The number of methoxy groups -OCH3 is 2. The Morgan fingerprint density at radius 3 is 2.12 bits per heavy atom. The van der Waals surface area contributed by atoms with Gasteiger partial charge in [0, 0.05) is 5.56 Å². The van der Waals surface area contributed by atoms with Gasteiger partial charge in [-0.2, -0.15) is 5.10 Å². The maximum absolute atomic E-state index is 14.5. The summed E-state index contributed by atoms with van der Waals surface area (Å²) < 4.78 is 31.3. The van der Waals surface area contributed by atoms with Gasteiger partial charge in [-0.25, -0.2) is 18.7 Å². The molecule has 0 amide bonds. The van der Waals surface area contributed by atoms with Crippen molar-refractivity contribution in [1.29, 1.82) is 0 Å². The van der Waals surface area contributed by atoms with Crippen LogP contribution in [0.15, 0.2) is 78.9 Å². The van der Waals surface area contributed by atoms with Gasteiger partial charge in [-0.1, -0.05) is 36.4 Å². The summed E-state index contributed by atoms with van der Waals surface area (Å²) >= 11 is 0. The van der Waals surface area contributed by atoms with E-state index in [0.29, 0.717) is 17.0 Å². The summed E-state index contributed by atoms with van der Waals surface area (Å²) in [5.41, 5.74) is 0.773. The van der Waals surface area contributed by atoms with E-state index >= 15 is 0 Å². The monoisotopic (exact) mass is 446 g/mol. The summed E-state index contributed by atoms with van der Waals surface area (Å²) in [5, 5.41) is 4.50. The number of carbonyl (C=O) groups is 2. The number of hydrogen-bond acceptors (Lipinski definition) is 6. The second-order valence-electron chi connectivity index (χ2n) is 6.86. The van der Waals surface area contributed by atoms with Crippen LogP contribution in [0, 0.1) is 5.82 Å². The number of hydrogen-bond donors (Lipinski definition) is 0. The molecule has 0 atom stereocenters. The predicted molar refractivity (Wildman–Crippen MR) is 118 cm³/mol. The summed E-state index contributed by atoms with van der Waals surface area (Å²) in [7, 11) is 2.40. The molecule has 0 spiro atoms. The number of ether oxygens (including phenoxy) is 3. The first-order valence-corrected chi connectivity index (χ1v) is 9.91. The van der Waals surface area contributed by atoms with Crippen LogP contribution in [0.1, 0.15) is 20.8 Å². The van der Waals surface area contributed by atoms with Gasteiger partial charge in [0.1, 0.15) is 17.0 Å². The number of esters is 2. The average Bonchev–Trinajstić information content (AvgIpc) is 3.26. The summed E-state index contributed by atoms with van der Waals surface area (Å²) in [6.07, 6.45) is 0. The van der Waals surface area contributed by atoms with E-state index in [2.05, 4.69) is 5.10 Å². The Labute approximate surface area is 188 Å². The van der Waals surface area contributed by atoms with E-state index in [9.17, 15) is 14.0 Å². The Morgan fingerprint density at radius 2 is 1.48 bits per heavy atom. The molecule has 0 aliphatic rings. The van der Waals surface area contributed by atoms with E-state index < -0.39 is 17.8 Å². The Morgan fingerprint density at radius 1 is 0.848 bits per heavy atom. The number of para-hydroxylation sites is 2. The molecule has 0 unspecified atom stereocenters. The minimum atomic E-state index is -0.789. The van der Waals surface area contributed by atoms with Crippen LogP contribution >= 0.6 is 0 Å². The highest BCUT2D eigenvalue weighted by Crippen LogP contribution is 2.33. The molecular formula is C25H19FN2O5. The van der Waals surface area contributed by atoms with Gasteiger partial charge in [0.15, 0.2) is 17.3 Å². The molecule has 0 radical (unpaired) electrons. The fourth-order valence-corrected chi connectivity index (χ4v) is 3.30. The minimum absolute atomic E-state index is 0.0663. The molecule has 0 fully saturated rings. The number of benzene rings is 3. The molecule has 33 heavy (non-hydrogen) atoms. The number of nitrogens with zero attached hydrogens (tertiary/aromatic N) is 2. The van der Waals surface area contributed by atoms with Crippen LogP contribution in [0.4, 0.5) is 4.39 Å². The quantitative estimate of drug-likeness (QED) is 0.386. The normalized spacial score (nSPS) is 10.5. The van der Waals surface area contributed by atoms with Gasteiger partial charge in [0.25, 0.3) is 0 Å². The number of aromatic nitrogens is 2. The SMILES string of the molecule is COC(=O)c1c(-c2ccc(F)c(Oc3ccccc3)c2)nn(-c2ccccc2)c1C(=O)OC. The van der Waals surface area contributed by atoms with Gasteiger partial charge in [0.2, 0.25) is 0 Å². The fraction of sp³-hybridized carbons (Fsp3) is 0.0800. The topological polar surface area (TPSA) is 79.7 Å². The van der Waals surface area contributed by atoms with Gasteiger partial charge in [-0.3, -0.25) is 0 Å². The Balaban J connectivity index is 1.92. The standard InChI is InChI=1S/C25H19FN2O5/c1-31-24(29)21-22(27-28(23(21)25(30)32-2)17-9-5-3-6-10-17)16-13-14-19(26)20(15-16)33-18-11-7-4-8-12-18/h3-15H,1-2H3. The zero-order valence-corrected chi connectivity index (χ0v) is 17.8. The van der Waals surface area contributed by atoms with Gasteiger partial charge < -0.3 is 14.2 Å². The van der Waals surface area contributed by atoms with E-state index in [1.165, 1.54) is 37.1 Å². The van der Waals surface area contributed by atoms with Gasteiger partial charge in [0.05, 0.1) is 19.9 Å². The van der Waals surface area contributed by atoms with Gasteiger partial charge in [-0.05, 0) is 42.5 Å². The van der Waals surface area contributed by atoms with Crippen LogP contribution in [0.2, 0.25) is 0 Å². The molecular weight excluding hydrogens is 427 g/mol. The molecule has 7 nitrogen and oxygen atoms in total. The minimum Gasteiger partial charge on any atom is -0.465 e. The maximum Gasteiger partial charge on any atom is 0.357 e. The molecule has 166 valence electrons. The van der Waals surface area contributed by atoms with Crippen molar-refractivity contribution < 1.29 is 28.2 Å². The lowest BCUT2D eigenvalue weighted by molar-refractivity contribution is 0.0549. The largest absolute Gasteiger partial charge is 0.465 e. The van der Waals surface area contributed by atoms with Crippen molar-refractivity contribution in [3.63, 3.8) is 0 Å². The third-order valence-electron chi connectivity index (χ3n) is 4.83. The van der Waals surface area contributed by atoms with Gasteiger partial charge >= 0.3 is 11.9 Å². The molecule has 8 heteroatoms. The molecule has 0 saturated heterocycles.